The summed E-state index contributed by atoms with van der Waals surface area (Å²) in [6, 6.07) is 1.55. The lowest BCUT2D eigenvalue weighted by atomic mass is 10.1. The summed E-state index contributed by atoms with van der Waals surface area (Å²) in [4.78, 5) is 0. The number of unbranched alkanes of at least 4 members (excludes halogenated alkanes) is 4. The largest absolute Gasteiger partial charge is 0.311 e. The van der Waals surface area contributed by atoms with Gasteiger partial charge in [-0.05, 0) is 38.5 Å². The highest BCUT2D eigenvalue weighted by molar-refractivity contribution is 4.80. The molecule has 96 valence electrons. The molecule has 0 radical (unpaired) electrons. The van der Waals surface area contributed by atoms with Gasteiger partial charge in [0.1, 0.15) is 0 Å². The SMILES string of the molecule is CCCCCCCC(C)NC1CCC(C)C1. The first kappa shape index (κ1) is 14.0. The average molecular weight is 225 g/mol. The molecule has 0 heterocycles. The molecule has 1 fully saturated rings. The standard InChI is InChI=1S/C15H31N/c1-4-5-6-7-8-9-14(3)16-15-11-10-13(2)12-15/h13-16H,4-12H2,1-3H3. The van der Waals surface area contributed by atoms with Gasteiger partial charge in [-0.1, -0.05) is 46.0 Å². The Balaban J connectivity index is 1.96. The Labute approximate surface area is 102 Å². The van der Waals surface area contributed by atoms with Crippen LogP contribution in [0.2, 0.25) is 0 Å². The van der Waals surface area contributed by atoms with E-state index in [1.165, 1.54) is 57.8 Å². The van der Waals surface area contributed by atoms with Gasteiger partial charge in [-0.3, -0.25) is 0 Å². The van der Waals surface area contributed by atoms with E-state index < -0.39 is 0 Å². The minimum absolute atomic E-state index is 0.733. The normalized spacial score (nSPS) is 27.2. The van der Waals surface area contributed by atoms with Crippen molar-refractivity contribution >= 4 is 0 Å². The van der Waals surface area contributed by atoms with E-state index >= 15 is 0 Å². The van der Waals surface area contributed by atoms with Crippen LogP contribution in [0.25, 0.3) is 0 Å². The van der Waals surface area contributed by atoms with Crippen LogP contribution >= 0.6 is 0 Å². The van der Waals surface area contributed by atoms with E-state index in [0.717, 1.165) is 18.0 Å². The lowest BCUT2D eigenvalue weighted by Gasteiger charge is -2.19. The first-order valence-electron chi connectivity index (χ1n) is 7.48. The van der Waals surface area contributed by atoms with E-state index in [0.29, 0.717) is 0 Å². The van der Waals surface area contributed by atoms with Crippen molar-refractivity contribution in [1.29, 1.82) is 0 Å². The third-order valence-corrected chi connectivity index (χ3v) is 3.96. The molecule has 1 nitrogen and oxygen atoms in total. The summed E-state index contributed by atoms with van der Waals surface area (Å²) < 4.78 is 0. The van der Waals surface area contributed by atoms with E-state index in [9.17, 15) is 0 Å². The second kappa shape index (κ2) is 8.11. The van der Waals surface area contributed by atoms with Crippen LogP contribution in [0.1, 0.15) is 78.6 Å². The van der Waals surface area contributed by atoms with Crippen LogP contribution in [0.5, 0.6) is 0 Å². The highest BCUT2D eigenvalue weighted by Gasteiger charge is 2.21. The molecule has 1 rings (SSSR count). The molecule has 1 heteroatoms. The number of rotatable bonds is 8. The van der Waals surface area contributed by atoms with E-state index in [4.69, 9.17) is 0 Å². The van der Waals surface area contributed by atoms with Gasteiger partial charge in [-0.2, -0.15) is 0 Å². The van der Waals surface area contributed by atoms with E-state index in [1.54, 1.807) is 0 Å². The zero-order chi connectivity index (χ0) is 11.8. The van der Waals surface area contributed by atoms with Crippen LogP contribution in [0.15, 0.2) is 0 Å². The zero-order valence-electron chi connectivity index (χ0n) is 11.6. The maximum absolute atomic E-state index is 3.80. The summed E-state index contributed by atoms with van der Waals surface area (Å²) in [6.45, 7) is 7.03. The van der Waals surface area contributed by atoms with Crippen molar-refractivity contribution in [2.75, 3.05) is 0 Å². The average Bonchev–Trinajstić information content (AvgIpc) is 2.63. The molecule has 0 bridgehead atoms. The van der Waals surface area contributed by atoms with Gasteiger partial charge in [0.2, 0.25) is 0 Å². The topological polar surface area (TPSA) is 12.0 Å². The quantitative estimate of drug-likeness (QED) is 0.599. The lowest BCUT2D eigenvalue weighted by molar-refractivity contribution is 0.410. The van der Waals surface area contributed by atoms with Gasteiger partial charge in [-0.25, -0.2) is 0 Å². The molecule has 1 N–H and O–H groups in total. The molecule has 0 amide bonds. The van der Waals surface area contributed by atoms with Crippen molar-refractivity contribution in [3.05, 3.63) is 0 Å². The third-order valence-electron chi connectivity index (χ3n) is 3.96. The molecule has 0 aromatic carbocycles. The molecular weight excluding hydrogens is 194 g/mol. The maximum atomic E-state index is 3.80. The van der Waals surface area contributed by atoms with Crippen LogP contribution in [0, 0.1) is 5.92 Å². The van der Waals surface area contributed by atoms with Crippen LogP contribution in [-0.2, 0) is 0 Å². The fourth-order valence-electron chi connectivity index (χ4n) is 2.90. The van der Waals surface area contributed by atoms with Gasteiger partial charge >= 0.3 is 0 Å². The van der Waals surface area contributed by atoms with Crippen LogP contribution < -0.4 is 5.32 Å². The van der Waals surface area contributed by atoms with Crippen molar-refractivity contribution in [2.24, 2.45) is 5.92 Å². The Hall–Kier alpha value is -0.0400. The summed E-state index contributed by atoms with van der Waals surface area (Å²) in [7, 11) is 0. The molecule has 1 aliphatic carbocycles. The molecule has 3 atom stereocenters. The van der Waals surface area contributed by atoms with Crippen molar-refractivity contribution < 1.29 is 0 Å². The molecule has 0 aliphatic heterocycles. The summed E-state index contributed by atoms with van der Waals surface area (Å²) in [5.74, 6) is 0.953. The van der Waals surface area contributed by atoms with Crippen molar-refractivity contribution in [1.82, 2.24) is 5.32 Å². The van der Waals surface area contributed by atoms with Crippen molar-refractivity contribution in [3.63, 3.8) is 0 Å². The van der Waals surface area contributed by atoms with E-state index in [-0.39, 0.29) is 0 Å². The fraction of sp³-hybridized carbons (Fsp3) is 1.00. The number of hydrogen-bond donors (Lipinski definition) is 1. The molecule has 1 saturated carbocycles. The second-order valence-corrected chi connectivity index (χ2v) is 5.89. The minimum atomic E-state index is 0.733. The monoisotopic (exact) mass is 225 g/mol. The van der Waals surface area contributed by atoms with Crippen molar-refractivity contribution in [2.45, 2.75) is 90.6 Å². The summed E-state index contributed by atoms with van der Waals surface area (Å²) >= 11 is 0. The first-order chi connectivity index (χ1) is 7.72. The predicted octanol–water partition coefficient (Wildman–Crippen LogP) is 4.51. The number of nitrogens with one attached hydrogen (secondary N) is 1. The molecule has 0 spiro atoms. The maximum Gasteiger partial charge on any atom is 0.00721 e. The summed E-state index contributed by atoms with van der Waals surface area (Å²) in [5.41, 5.74) is 0. The zero-order valence-corrected chi connectivity index (χ0v) is 11.6. The highest BCUT2D eigenvalue weighted by atomic mass is 14.9. The van der Waals surface area contributed by atoms with Crippen LogP contribution in [0.4, 0.5) is 0 Å². The minimum Gasteiger partial charge on any atom is -0.311 e. The van der Waals surface area contributed by atoms with Crippen molar-refractivity contribution in [3.8, 4) is 0 Å². The molecule has 0 saturated heterocycles. The molecule has 1 aliphatic rings. The van der Waals surface area contributed by atoms with Gasteiger partial charge in [0, 0.05) is 12.1 Å². The molecule has 16 heavy (non-hydrogen) atoms. The van der Waals surface area contributed by atoms with Gasteiger partial charge < -0.3 is 5.32 Å². The molecular formula is C15H31N. The van der Waals surface area contributed by atoms with Gasteiger partial charge in [0.25, 0.3) is 0 Å². The first-order valence-corrected chi connectivity index (χ1v) is 7.48. The Morgan fingerprint density at radius 3 is 2.50 bits per heavy atom. The Bertz CT molecular complexity index is 167. The fourth-order valence-corrected chi connectivity index (χ4v) is 2.90. The van der Waals surface area contributed by atoms with Gasteiger partial charge in [0.05, 0.1) is 0 Å². The summed E-state index contributed by atoms with van der Waals surface area (Å²) in [6.07, 6.45) is 12.7. The highest BCUT2D eigenvalue weighted by Crippen LogP contribution is 2.25. The van der Waals surface area contributed by atoms with Gasteiger partial charge in [0.15, 0.2) is 0 Å². The smallest absolute Gasteiger partial charge is 0.00721 e. The Morgan fingerprint density at radius 2 is 1.88 bits per heavy atom. The molecule has 0 aromatic rings. The Kier molecular flexibility index (Phi) is 7.11. The van der Waals surface area contributed by atoms with Crippen LogP contribution in [0.3, 0.4) is 0 Å². The Morgan fingerprint density at radius 1 is 1.12 bits per heavy atom. The van der Waals surface area contributed by atoms with Crippen LogP contribution in [-0.4, -0.2) is 12.1 Å². The number of hydrogen-bond acceptors (Lipinski definition) is 1. The lowest BCUT2D eigenvalue weighted by Crippen LogP contribution is -2.34. The van der Waals surface area contributed by atoms with E-state index in [1.807, 2.05) is 0 Å². The second-order valence-electron chi connectivity index (χ2n) is 5.89. The van der Waals surface area contributed by atoms with Gasteiger partial charge in [-0.15, -0.1) is 0 Å². The predicted molar refractivity (Wildman–Crippen MR) is 72.8 cm³/mol. The third kappa shape index (κ3) is 5.89. The molecule has 3 unspecified atom stereocenters. The molecule has 0 aromatic heterocycles. The van der Waals surface area contributed by atoms with E-state index in [2.05, 4.69) is 26.1 Å². The summed E-state index contributed by atoms with van der Waals surface area (Å²) in [5, 5.41) is 3.80.